The van der Waals surface area contributed by atoms with Gasteiger partial charge in [0.25, 0.3) is 0 Å². The van der Waals surface area contributed by atoms with Crippen molar-refractivity contribution in [3.8, 4) is 0 Å². The second-order valence-electron chi connectivity index (χ2n) is 4.95. The van der Waals surface area contributed by atoms with Crippen molar-refractivity contribution in [2.24, 2.45) is 5.73 Å². The van der Waals surface area contributed by atoms with Gasteiger partial charge >= 0.3 is 0 Å². The van der Waals surface area contributed by atoms with Gasteiger partial charge in [0.05, 0.1) is 0 Å². The van der Waals surface area contributed by atoms with Gasteiger partial charge in [-0.15, -0.1) is 11.3 Å². The molecule has 1 fully saturated rings. The molecule has 1 saturated heterocycles. The Labute approximate surface area is 107 Å². The highest BCUT2D eigenvalue weighted by Crippen LogP contribution is 2.26. The second kappa shape index (κ2) is 5.33. The molecule has 2 N–H and O–H groups in total. The van der Waals surface area contributed by atoms with Gasteiger partial charge in [0.2, 0.25) is 0 Å². The third kappa shape index (κ3) is 2.97. The van der Waals surface area contributed by atoms with Crippen LogP contribution in [0, 0.1) is 0 Å². The van der Waals surface area contributed by atoms with Gasteiger partial charge in [0.15, 0.2) is 5.13 Å². The van der Waals surface area contributed by atoms with E-state index in [9.17, 15) is 0 Å². The van der Waals surface area contributed by atoms with Gasteiger partial charge in [0.1, 0.15) is 0 Å². The number of nitrogens with two attached hydrogens (primary N) is 1. The van der Waals surface area contributed by atoms with E-state index in [1.54, 1.807) is 11.3 Å². The topological polar surface area (TPSA) is 45.4 Å². The van der Waals surface area contributed by atoms with Crippen LogP contribution in [0.4, 0.5) is 5.13 Å². The van der Waals surface area contributed by atoms with E-state index in [2.05, 4.69) is 28.6 Å². The maximum Gasteiger partial charge on any atom is 0.185 e. The first kappa shape index (κ1) is 12.8. The second-order valence-corrected chi connectivity index (χ2v) is 5.99. The van der Waals surface area contributed by atoms with Crippen LogP contribution in [0.2, 0.25) is 0 Å². The Balaban J connectivity index is 1.96. The third-order valence-corrected chi connectivity index (χ3v) is 4.53. The summed E-state index contributed by atoms with van der Waals surface area (Å²) in [4.78, 5) is 10.5. The van der Waals surface area contributed by atoms with Crippen LogP contribution in [0.25, 0.3) is 0 Å². The quantitative estimate of drug-likeness (QED) is 0.891. The van der Waals surface area contributed by atoms with Crippen LogP contribution in [-0.2, 0) is 0 Å². The standard InChI is InChI=1S/C12H22N4S/c1-9(2)15-4-6-16(7-5-15)12-14-8-11(17-12)10(3)13/h8-10H,4-7,13H2,1-3H3. The SMILES string of the molecule is CC(N)c1cnc(N2CCN(C(C)C)CC2)s1. The van der Waals surface area contributed by atoms with Gasteiger partial charge in [-0.05, 0) is 20.8 Å². The zero-order valence-electron chi connectivity index (χ0n) is 10.9. The van der Waals surface area contributed by atoms with E-state index in [-0.39, 0.29) is 6.04 Å². The van der Waals surface area contributed by atoms with Gasteiger partial charge in [-0.1, -0.05) is 0 Å². The summed E-state index contributed by atoms with van der Waals surface area (Å²) < 4.78 is 0. The molecule has 5 heteroatoms. The Morgan fingerprint density at radius 1 is 1.24 bits per heavy atom. The van der Waals surface area contributed by atoms with Crippen molar-refractivity contribution in [3.63, 3.8) is 0 Å². The Morgan fingerprint density at radius 3 is 2.35 bits per heavy atom. The average Bonchev–Trinajstić information content (AvgIpc) is 2.78. The number of hydrogen-bond donors (Lipinski definition) is 1. The Bertz CT molecular complexity index is 353. The molecule has 0 saturated carbocycles. The number of anilines is 1. The summed E-state index contributed by atoms with van der Waals surface area (Å²) in [5.41, 5.74) is 5.86. The summed E-state index contributed by atoms with van der Waals surface area (Å²) in [6, 6.07) is 0.742. The zero-order valence-corrected chi connectivity index (χ0v) is 11.7. The Hall–Kier alpha value is -0.650. The number of thiazole rings is 1. The Kier molecular flexibility index (Phi) is 4.01. The lowest BCUT2D eigenvalue weighted by Crippen LogP contribution is -2.48. The molecule has 1 unspecified atom stereocenters. The lowest BCUT2D eigenvalue weighted by molar-refractivity contribution is 0.209. The summed E-state index contributed by atoms with van der Waals surface area (Å²) in [5, 5.41) is 1.13. The number of nitrogens with zero attached hydrogens (tertiary/aromatic N) is 3. The molecular formula is C12H22N4S. The Morgan fingerprint density at radius 2 is 1.88 bits per heavy atom. The van der Waals surface area contributed by atoms with E-state index in [4.69, 9.17) is 5.73 Å². The summed E-state index contributed by atoms with van der Waals surface area (Å²) in [7, 11) is 0. The van der Waals surface area contributed by atoms with Gasteiger partial charge in [0, 0.05) is 49.3 Å². The van der Waals surface area contributed by atoms with Gasteiger partial charge in [-0.2, -0.15) is 0 Å². The van der Waals surface area contributed by atoms with E-state index >= 15 is 0 Å². The van der Waals surface area contributed by atoms with E-state index in [1.165, 1.54) is 4.88 Å². The first-order valence-corrected chi connectivity index (χ1v) is 7.10. The molecule has 0 aromatic carbocycles. The fourth-order valence-electron chi connectivity index (χ4n) is 2.06. The molecule has 1 atom stereocenters. The van der Waals surface area contributed by atoms with Crippen molar-refractivity contribution in [2.45, 2.75) is 32.9 Å². The number of hydrogen-bond acceptors (Lipinski definition) is 5. The molecule has 0 radical (unpaired) electrons. The summed E-state index contributed by atoms with van der Waals surface area (Å²) >= 11 is 1.73. The largest absolute Gasteiger partial charge is 0.346 e. The highest BCUT2D eigenvalue weighted by molar-refractivity contribution is 7.15. The van der Waals surface area contributed by atoms with E-state index < -0.39 is 0 Å². The predicted molar refractivity (Wildman–Crippen MR) is 73.6 cm³/mol. The van der Waals surface area contributed by atoms with Crippen molar-refractivity contribution < 1.29 is 0 Å². The van der Waals surface area contributed by atoms with Crippen LogP contribution < -0.4 is 10.6 Å². The molecule has 17 heavy (non-hydrogen) atoms. The summed E-state index contributed by atoms with van der Waals surface area (Å²) in [5.74, 6) is 0. The van der Waals surface area contributed by atoms with Gasteiger partial charge in [-0.3, -0.25) is 4.90 Å². The molecule has 2 rings (SSSR count). The lowest BCUT2D eigenvalue weighted by Gasteiger charge is -2.36. The molecule has 0 aliphatic carbocycles. The van der Waals surface area contributed by atoms with E-state index in [1.807, 2.05) is 13.1 Å². The summed E-state index contributed by atoms with van der Waals surface area (Å²) in [6.07, 6.45) is 1.92. The molecule has 1 aliphatic rings. The fraction of sp³-hybridized carbons (Fsp3) is 0.750. The van der Waals surface area contributed by atoms with Crippen LogP contribution in [0.5, 0.6) is 0 Å². The van der Waals surface area contributed by atoms with Crippen molar-refractivity contribution in [2.75, 3.05) is 31.1 Å². The van der Waals surface area contributed by atoms with Crippen molar-refractivity contribution in [1.29, 1.82) is 0 Å². The number of piperazine rings is 1. The van der Waals surface area contributed by atoms with Crippen LogP contribution in [0.1, 0.15) is 31.7 Å². The molecule has 0 spiro atoms. The number of rotatable bonds is 3. The van der Waals surface area contributed by atoms with Gasteiger partial charge in [-0.25, -0.2) is 4.98 Å². The first-order chi connectivity index (χ1) is 8.08. The first-order valence-electron chi connectivity index (χ1n) is 6.28. The maximum absolute atomic E-state index is 5.86. The molecule has 1 aromatic heterocycles. The zero-order chi connectivity index (χ0) is 12.4. The maximum atomic E-state index is 5.86. The van der Waals surface area contributed by atoms with Crippen molar-refractivity contribution >= 4 is 16.5 Å². The average molecular weight is 254 g/mol. The van der Waals surface area contributed by atoms with Crippen LogP contribution >= 0.6 is 11.3 Å². The van der Waals surface area contributed by atoms with Gasteiger partial charge < -0.3 is 10.6 Å². The molecule has 0 amide bonds. The third-order valence-electron chi connectivity index (χ3n) is 3.28. The summed E-state index contributed by atoms with van der Waals surface area (Å²) in [6.45, 7) is 10.9. The molecule has 96 valence electrons. The van der Waals surface area contributed by atoms with Crippen LogP contribution in [0.15, 0.2) is 6.20 Å². The molecular weight excluding hydrogens is 232 g/mol. The molecule has 1 aromatic rings. The lowest BCUT2D eigenvalue weighted by atomic mass is 10.2. The molecule has 2 heterocycles. The monoisotopic (exact) mass is 254 g/mol. The van der Waals surface area contributed by atoms with Crippen molar-refractivity contribution in [3.05, 3.63) is 11.1 Å². The number of aromatic nitrogens is 1. The minimum absolute atomic E-state index is 0.0956. The van der Waals surface area contributed by atoms with E-state index in [0.29, 0.717) is 6.04 Å². The molecule has 1 aliphatic heterocycles. The normalized spacial score (nSPS) is 19.9. The highest BCUT2D eigenvalue weighted by Gasteiger charge is 2.21. The smallest absolute Gasteiger partial charge is 0.185 e. The molecule has 4 nitrogen and oxygen atoms in total. The fourth-order valence-corrected chi connectivity index (χ4v) is 2.98. The van der Waals surface area contributed by atoms with E-state index in [0.717, 1.165) is 31.3 Å². The molecule has 0 bridgehead atoms. The predicted octanol–water partition coefficient (Wildman–Crippen LogP) is 1.69. The van der Waals surface area contributed by atoms with Crippen LogP contribution in [0.3, 0.4) is 0 Å². The van der Waals surface area contributed by atoms with Crippen LogP contribution in [-0.4, -0.2) is 42.1 Å². The highest BCUT2D eigenvalue weighted by atomic mass is 32.1. The van der Waals surface area contributed by atoms with Crippen molar-refractivity contribution in [1.82, 2.24) is 9.88 Å². The minimum Gasteiger partial charge on any atom is -0.346 e. The minimum atomic E-state index is 0.0956.